The molecular formula is C15H15Cl2N3O2. The molecule has 0 aliphatic heterocycles. The van der Waals surface area contributed by atoms with Crippen molar-refractivity contribution >= 4 is 40.6 Å². The van der Waals surface area contributed by atoms with E-state index in [1.807, 2.05) is 0 Å². The van der Waals surface area contributed by atoms with Gasteiger partial charge in [0.15, 0.2) is 0 Å². The molecule has 0 atom stereocenters. The van der Waals surface area contributed by atoms with E-state index in [-0.39, 0.29) is 0 Å². The lowest BCUT2D eigenvalue weighted by Crippen LogP contribution is -2.20. The number of hydrogen-bond donors (Lipinski definition) is 1. The smallest absolute Gasteiger partial charge is 0.291 e. The fraction of sp³-hybridized carbons (Fsp3) is 0.267. The van der Waals surface area contributed by atoms with Crippen molar-refractivity contribution in [2.75, 3.05) is 5.32 Å². The van der Waals surface area contributed by atoms with Gasteiger partial charge < -0.3 is 5.32 Å². The summed E-state index contributed by atoms with van der Waals surface area (Å²) in [6.45, 7) is 5.16. The third kappa shape index (κ3) is 3.31. The van der Waals surface area contributed by atoms with Gasteiger partial charge in [0.25, 0.3) is 5.91 Å². The fourth-order valence-electron chi connectivity index (χ4n) is 2.07. The lowest BCUT2D eigenvalue weighted by molar-refractivity contribution is -0.133. The maximum atomic E-state index is 11.6. The first-order valence-electron chi connectivity index (χ1n) is 6.60. The summed E-state index contributed by atoms with van der Waals surface area (Å²) in [7, 11) is 0. The van der Waals surface area contributed by atoms with Crippen molar-refractivity contribution in [1.82, 2.24) is 9.78 Å². The van der Waals surface area contributed by atoms with Crippen LogP contribution >= 0.6 is 23.2 Å². The van der Waals surface area contributed by atoms with Gasteiger partial charge in [0.2, 0.25) is 5.78 Å². The fourth-order valence-corrected chi connectivity index (χ4v) is 2.58. The Morgan fingerprint density at radius 1 is 1.23 bits per heavy atom. The van der Waals surface area contributed by atoms with E-state index in [2.05, 4.69) is 10.4 Å². The Bertz CT molecular complexity index is 733. The van der Waals surface area contributed by atoms with E-state index in [4.69, 9.17) is 23.2 Å². The molecule has 0 aliphatic carbocycles. The number of amides is 1. The number of nitrogens with one attached hydrogen (secondary N) is 1. The maximum Gasteiger partial charge on any atom is 0.291 e. The standard InChI is InChI=1S/C15H15Cl2N3O2/c1-8-14(18-15(22)10(3)21)9(2)20(19-8)7-11-12(16)5-4-6-13(11)17/h4-6H,7H2,1-3H3,(H,18,22). The molecule has 0 radical (unpaired) electrons. The largest absolute Gasteiger partial charge is 0.316 e. The molecular weight excluding hydrogens is 325 g/mol. The lowest BCUT2D eigenvalue weighted by Gasteiger charge is -2.09. The van der Waals surface area contributed by atoms with Gasteiger partial charge >= 0.3 is 0 Å². The SMILES string of the molecule is CC(=O)C(=O)Nc1c(C)nn(Cc2c(Cl)cccc2Cl)c1C. The highest BCUT2D eigenvalue weighted by Gasteiger charge is 2.17. The molecule has 116 valence electrons. The second-order valence-corrected chi connectivity index (χ2v) is 5.73. The first-order chi connectivity index (χ1) is 10.3. The molecule has 0 fully saturated rings. The summed E-state index contributed by atoms with van der Waals surface area (Å²) < 4.78 is 1.69. The molecule has 1 amide bonds. The van der Waals surface area contributed by atoms with Crippen molar-refractivity contribution in [2.45, 2.75) is 27.3 Å². The van der Waals surface area contributed by atoms with E-state index in [0.29, 0.717) is 28.0 Å². The molecule has 0 unspecified atom stereocenters. The van der Waals surface area contributed by atoms with E-state index in [9.17, 15) is 9.59 Å². The number of halogens is 2. The zero-order chi connectivity index (χ0) is 16.4. The minimum atomic E-state index is -0.665. The number of benzene rings is 1. The van der Waals surface area contributed by atoms with Crippen LogP contribution in [0.5, 0.6) is 0 Å². The average molecular weight is 340 g/mol. The monoisotopic (exact) mass is 339 g/mol. The summed E-state index contributed by atoms with van der Waals surface area (Å²) in [4.78, 5) is 22.6. The van der Waals surface area contributed by atoms with E-state index in [1.165, 1.54) is 6.92 Å². The Morgan fingerprint density at radius 2 is 1.82 bits per heavy atom. The number of aromatic nitrogens is 2. The van der Waals surface area contributed by atoms with Crippen LogP contribution < -0.4 is 5.32 Å². The number of ketones is 1. The highest BCUT2D eigenvalue weighted by molar-refractivity contribution is 6.39. The Kier molecular flexibility index (Phi) is 4.88. The molecule has 2 rings (SSSR count). The third-order valence-corrected chi connectivity index (χ3v) is 4.02. The van der Waals surface area contributed by atoms with Gasteiger partial charge in [0, 0.05) is 22.5 Å². The maximum absolute atomic E-state index is 11.6. The van der Waals surface area contributed by atoms with Gasteiger partial charge in [-0.05, 0) is 26.0 Å². The van der Waals surface area contributed by atoms with Crippen molar-refractivity contribution in [1.29, 1.82) is 0 Å². The van der Waals surface area contributed by atoms with Crippen molar-refractivity contribution in [2.24, 2.45) is 0 Å². The molecule has 1 aromatic heterocycles. The van der Waals surface area contributed by atoms with Gasteiger partial charge in [0.05, 0.1) is 23.6 Å². The van der Waals surface area contributed by atoms with Crippen LogP contribution in [0.1, 0.15) is 23.9 Å². The van der Waals surface area contributed by atoms with Crippen LogP contribution in [0.4, 0.5) is 5.69 Å². The summed E-state index contributed by atoms with van der Waals surface area (Å²) in [5.74, 6) is -1.22. The predicted molar refractivity (Wildman–Crippen MR) is 86.6 cm³/mol. The second kappa shape index (κ2) is 6.50. The molecule has 0 saturated heterocycles. The zero-order valence-electron chi connectivity index (χ0n) is 12.4. The first-order valence-corrected chi connectivity index (χ1v) is 7.35. The van der Waals surface area contributed by atoms with Crippen molar-refractivity contribution in [3.63, 3.8) is 0 Å². The molecule has 0 spiro atoms. The molecule has 1 heterocycles. The van der Waals surface area contributed by atoms with Gasteiger partial charge in [-0.25, -0.2) is 0 Å². The molecule has 0 aliphatic rings. The van der Waals surface area contributed by atoms with Crippen molar-refractivity contribution in [3.8, 4) is 0 Å². The molecule has 0 bridgehead atoms. The second-order valence-electron chi connectivity index (χ2n) is 4.91. The Labute approximate surface area is 138 Å². The van der Waals surface area contributed by atoms with Crippen LogP contribution in [-0.2, 0) is 16.1 Å². The van der Waals surface area contributed by atoms with Gasteiger partial charge in [-0.3, -0.25) is 14.3 Å². The summed E-state index contributed by atoms with van der Waals surface area (Å²) in [6, 6.07) is 5.29. The summed E-state index contributed by atoms with van der Waals surface area (Å²) >= 11 is 12.3. The Hall–Kier alpha value is -1.85. The summed E-state index contributed by atoms with van der Waals surface area (Å²) in [6.07, 6.45) is 0. The topological polar surface area (TPSA) is 64.0 Å². The number of hydrogen-bond acceptors (Lipinski definition) is 3. The van der Waals surface area contributed by atoms with Crippen molar-refractivity contribution in [3.05, 3.63) is 45.2 Å². The van der Waals surface area contributed by atoms with Crippen LogP contribution in [-0.4, -0.2) is 21.5 Å². The Morgan fingerprint density at radius 3 is 2.36 bits per heavy atom. The minimum absolute atomic E-state index is 0.376. The quantitative estimate of drug-likeness (QED) is 0.868. The van der Waals surface area contributed by atoms with Crippen LogP contribution in [0, 0.1) is 13.8 Å². The highest BCUT2D eigenvalue weighted by atomic mass is 35.5. The van der Waals surface area contributed by atoms with E-state index in [1.54, 1.807) is 36.7 Å². The van der Waals surface area contributed by atoms with Crippen molar-refractivity contribution < 1.29 is 9.59 Å². The number of aryl methyl sites for hydroxylation is 1. The third-order valence-electron chi connectivity index (χ3n) is 3.31. The van der Waals surface area contributed by atoms with Crippen LogP contribution in [0.3, 0.4) is 0 Å². The molecule has 7 heteroatoms. The minimum Gasteiger partial charge on any atom is -0.316 e. The van der Waals surface area contributed by atoms with E-state index >= 15 is 0 Å². The number of carbonyl (C=O) groups excluding carboxylic acids is 2. The van der Waals surface area contributed by atoms with Gasteiger partial charge in [0.1, 0.15) is 0 Å². The lowest BCUT2D eigenvalue weighted by atomic mass is 10.2. The number of rotatable bonds is 4. The van der Waals surface area contributed by atoms with Crippen LogP contribution in [0.15, 0.2) is 18.2 Å². The number of carbonyl (C=O) groups is 2. The zero-order valence-corrected chi connectivity index (χ0v) is 13.9. The number of nitrogens with zero attached hydrogens (tertiary/aromatic N) is 2. The number of Topliss-reactive ketones (excluding diaryl/α,β-unsaturated/α-hetero) is 1. The van der Waals surface area contributed by atoms with Gasteiger partial charge in [-0.2, -0.15) is 5.10 Å². The summed E-state index contributed by atoms with van der Waals surface area (Å²) in [5.41, 5.74) is 2.63. The normalized spacial score (nSPS) is 10.6. The summed E-state index contributed by atoms with van der Waals surface area (Å²) in [5, 5.41) is 8.05. The highest BCUT2D eigenvalue weighted by Crippen LogP contribution is 2.27. The first kappa shape index (κ1) is 16.5. The average Bonchev–Trinajstić information content (AvgIpc) is 2.70. The van der Waals surface area contributed by atoms with Crippen LogP contribution in [0.25, 0.3) is 0 Å². The molecule has 1 N–H and O–H groups in total. The van der Waals surface area contributed by atoms with Crippen LogP contribution in [0.2, 0.25) is 10.0 Å². The van der Waals surface area contributed by atoms with Gasteiger partial charge in [-0.1, -0.05) is 29.3 Å². The molecule has 0 saturated carbocycles. The predicted octanol–water partition coefficient (Wildman–Crippen LogP) is 3.38. The van der Waals surface area contributed by atoms with E-state index < -0.39 is 11.7 Å². The van der Waals surface area contributed by atoms with Gasteiger partial charge in [-0.15, -0.1) is 0 Å². The van der Waals surface area contributed by atoms with E-state index in [0.717, 1.165) is 11.3 Å². The number of anilines is 1. The Balaban J connectivity index is 2.34. The molecule has 22 heavy (non-hydrogen) atoms. The molecule has 5 nitrogen and oxygen atoms in total. The molecule has 2 aromatic rings. The molecule has 1 aromatic carbocycles.